The van der Waals surface area contributed by atoms with Crippen LogP contribution in [0.25, 0.3) is 0 Å². The van der Waals surface area contributed by atoms with Gasteiger partial charge in [0.1, 0.15) is 0 Å². The van der Waals surface area contributed by atoms with Crippen LogP contribution in [0.2, 0.25) is 0 Å². The minimum atomic E-state index is 0.937. The predicted molar refractivity (Wildman–Crippen MR) is 98.8 cm³/mol. The molecule has 23 heavy (non-hydrogen) atoms. The minimum absolute atomic E-state index is 0.937. The lowest BCUT2D eigenvalue weighted by molar-refractivity contribution is 0.784. The maximum Gasteiger partial charge on any atom is 0.0510 e. The van der Waals surface area contributed by atoms with Gasteiger partial charge < -0.3 is 4.90 Å². The second-order valence-corrected chi connectivity index (χ2v) is 6.88. The number of rotatable bonds is 2. The molecular weight excluding hydrogens is 298 g/mol. The fourth-order valence-corrected chi connectivity index (χ4v) is 4.20. The third-order valence-corrected chi connectivity index (χ3v) is 5.40. The van der Waals surface area contributed by atoms with Crippen molar-refractivity contribution < 1.29 is 0 Å². The first-order valence-electron chi connectivity index (χ1n) is 7.97. The van der Waals surface area contributed by atoms with E-state index in [2.05, 4.69) is 83.8 Å². The Balaban J connectivity index is 1.74. The van der Waals surface area contributed by atoms with Gasteiger partial charge in [0.25, 0.3) is 0 Å². The van der Waals surface area contributed by atoms with E-state index in [0.29, 0.717) is 0 Å². The summed E-state index contributed by atoms with van der Waals surface area (Å²) < 4.78 is 0. The molecule has 0 atom stereocenters. The van der Waals surface area contributed by atoms with Gasteiger partial charge in [-0.05, 0) is 28.8 Å². The molecule has 1 aliphatic heterocycles. The van der Waals surface area contributed by atoms with E-state index in [9.17, 15) is 0 Å². The topological polar surface area (TPSA) is 3.24 Å². The first-order valence-corrected chi connectivity index (χ1v) is 8.96. The molecule has 4 rings (SSSR count). The van der Waals surface area contributed by atoms with Crippen LogP contribution < -0.4 is 4.90 Å². The lowest BCUT2D eigenvalue weighted by Crippen LogP contribution is -2.24. The number of anilines is 1. The van der Waals surface area contributed by atoms with E-state index in [1.165, 1.54) is 27.3 Å². The number of benzene rings is 3. The highest BCUT2D eigenvalue weighted by atomic mass is 32.2. The van der Waals surface area contributed by atoms with Crippen molar-refractivity contribution in [2.75, 3.05) is 4.90 Å². The molecule has 0 aliphatic carbocycles. The first-order chi connectivity index (χ1) is 11.4. The van der Waals surface area contributed by atoms with Crippen molar-refractivity contribution in [2.24, 2.45) is 0 Å². The molecule has 0 spiro atoms. The smallest absolute Gasteiger partial charge is 0.0510 e. The molecule has 0 fully saturated rings. The Hall–Kier alpha value is -2.19. The molecule has 1 nitrogen and oxygen atoms in total. The second-order valence-electron chi connectivity index (χ2n) is 5.87. The number of thioether (sulfide) groups is 1. The van der Waals surface area contributed by atoms with Crippen molar-refractivity contribution in [3.63, 3.8) is 0 Å². The molecule has 1 heterocycles. The monoisotopic (exact) mass is 317 g/mol. The molecule has 3 aromatic carbocycles. The van der Waals surface area contributed by atoms with E-state index in [4.69, 9.17) is 0 Å². The normalized spacial score (nSPS) is 13.7. The van der Waals surface area contributed by atoms with Gasteiger partial charge in [-0.2, -0.15) is 0 Å². The van der Waals surface area contributed by atoms with Gasteiger partial charge in [-0.1, -0.05) is 66.7 Å². The van der Waals surface area contributed by atoms with Crippen molar-refractivity contribution in [2.45, 2.75) is 23.7 Å². The molecule has 0 unspecified atom stereocenters. The molecule has 0 bridgehead atoms. The van der Waals surface area contributed by atoms with E-state index in [1.807, 2.05) is 11.8 Å². The fourth-order valence-electron chi connectivity index (χ4n) is 3.08. The van der Waals surface area contributed by atoms with Crippen LogP contribution >= 0.6 is 11.8 Å². The average Bonchev–Trinajstić information content (AvgIpc) is 2.60. The van der Waals surface area contributed by atoms with E-state index in [1.54, 1.807) is 0 Å². The minimum Gasteiger partial charge on any atom is -0.362 e. The van der Waals surface area contributed by atoms with Crippen molar-refractivity contribution in [3.8, 4) is 0 Å². The number of hydrogen-bond acceptors (Lipinski definition) is 2. The highest BCUT2D eigenvalue weighted by molar-refractivity contribution is 7.98. The Morgan fingerprint density at radius 2 is 1.43 bits per heavy atom. The van der Waals surface area contributed by atoms with Crippen LogP contribution in [-0.4, -0.2) is 0 Å². The van der Waals surface area contributed by atoms with Crippen LogP contribution in [-0.2, 0) is 18.8 Å². The van der Waals surface area contributed by atoms with Gasteiger partial charge in [0.05, 0.1) is 5.69 Å². The summed E-state index contributed by atoms with van der Waals surface area (Å²) in [6, 6.07) is 28.3. The molecule has 2 heteroatoms. The standard InChI is InChI=1S/C21H19NS/c1-2-8-17(9-3-1)14-22-15-18-10-4-5-11-19(18)16-23-21-13-7-6-12-20(21)22/h1-13H,14-16H2. The number of fused-ring (bicyclic) bond motifs is 2. The number of hydrogen-bond donors (Lipinski definition) is 0. The van der Waals surface area contributed by atoms with Gasteiger partial charge in [0, 0.05) is 23.7 Å². The maximum atomic E-state index is 2.50. The van der Waals surface area contributed by atoms with E-state index < -0.39 is 0 Å². The lowest BCUT2D eigenvalue weighted by atomic mass is 10.1. The Bertz CT molecular complexity index is 798. The Labute approximate surface area is 142 Å². The fraction of sp³-hybridized carbons (Fsp3) is 0.143. The molecule has 114 valence electrons. The molecular formula is C21H19NS. The molecule has 0 saturated heterocycles. The van der Waals surface area contributed by atoms with Crippen molar-refractivity contribution in [1.82, 2.24) is 0 Å². The number of para-hydroxylation sites is 1. The van der Waals surface area contributed by atoms with E-state index in [0.717, 1.165) is 18.8 Å². The van der Waals surface area contributed by atoms with Crippen molar-refractivity contribution in [1.29, 1.82) is 0 Å². The Morgan fingerprint density at radius 3 is 2.30 bits per heavy atom. The van der Waals surface area contributed by atoms with Crippen LogP contribution in [0.3, 0.4) is 0 Å². The van der Waals surface area contributed by atoms with Crippen LogP contribution in [0.1, 0.15) is 16.7 Å². The molecule has 0 aromatic heterocycles. The van der Waals surface area contributed by atoms with Crippen LogP contribution in [0.5, 0.6) is 0 Å². The zero-order valence-electron chi connectivity index (χ0n) is 13.0. The maximum absolute atomic E-state index is 2.50. The van der Waals surface area contributed by atoms with Crippen LogP contribution in [0, 0.1) is 0 Å². The molecule has 0 N–H and O–H groups in total. The summed E-state index contributed by atoms with van der Waals surface area (Å²) >= 11 is 1.94. The quantitative estimate of drug-likeness (QED) is 0.614. The zero-order valence-corrected chi connectivity index (χ0v) is 13.8. The van der Waals surface area contributed by atoms with Gasteiger partial charge in [0.2, 0.25) is 0 Å². The van der Waals surface area contributed by atoms with E-state index in [-0.39, 0.29) is 0 Å². The highest BCUT2D eigenvalue weighted by Gasteiger charge is 2.17. The van der Waals surface area contributed by atoms with Gasteiger partial charge in [-0.15, -0.1) is 11.8 Å². The summed E-state index contributed by atoms with van der Waals surface area (Å²) in [6.07, 6.45) is 0. The molecule has 0 saturated carbocycles. The van der Waals surface area contributed by atoms with E-state index >= 15 is 0 Å². The first kappa shape index (κ1) is 14.4. The predicted octanol–water partition coefficient (Wildman–Crippen LogP) is 5.50. The summed E-state index contributed by atoms with van der Waals surface area (Å²) in [7, 11) is 0. The average molecular weight is 317 g/mol. The summed E-state index contributed by atoms with van der Waals surface area (Å²) in [6.45, 7) is 1.90. The zero-order chi connectivity index (χ0) is 15.5. The van der Waals surface area contributed by atoms with Gasteiger partial charge in [-0.25, -0.2) is 0 Å². The Morgan fingerprint density at radius 1 is 0.739 bits per heavy atom. The molecule has 0 radical (unpaired) electrons. The molecule has 3 aromatic rings. The second kappa shape index (κ2) is 6.51. The van der Waals surface area contributed by atoms with Crippen molar-refractivity contribution >= 4 is 17.4 Å². The van der Waals surface area contributed by atoms with Gasteiger partial charge >= 0.3 is 0 Å². The largest absolute Gasteiger partial charge is 0.362 e. The van der Waals surface area contributed by atoms with Crippen LogP contribution in [0.4, 0.5) is 5.69 Å². The van der Waals surface area contributed by atoms with Gasteiger partial charge in [0.15, 0.2) is 0 Å². The van der Waals surface area contributed by atoms with Crippen molar-refractivity contribution in [3.05, 3.63) is 95.6 Å². The summed E-state index contributed by atoms with van der Waals surface area (Å²) in [5.41, 5.74) is 5.58. The third kappa shape index (κ3) is 3.13. The number of nitrogens with zero attached hydrogens (tertiary/aromatic N) is 1. The summed E-state index contributed by atoms with van der Waals surface area (Å²) in [5.74, 6) is 1.05. The lowest BCUT2D eigenvalue weighted by Gasteiger charge is -2.30. The molecule has 1 aliphatic rings. The molecule has 0 amide bonds. The Kier molecular flexibility index (Phi) is 4.08. The van der Waals surface area contributed by atoms with Gasteiger partial charge in [-0.3, -0.25) is 0 Å². The SMILES string of the molecule is c1ccc(CN2Cc3ccccc3CSc3ccccc32)cc1. The summed E-state index contributed by atoms with van der Waals surface area (Å²) in [5, 5.41) is 0. The summed E-state index contributed by atoms with van der Waals surface area (Å²) in [4.78, 5) is 3.87. The highest BCUT2D eigenvalue weighted by Crippen LogP contribution is 2.37. The van der Waals surface area contributed by atoms with Crippen LogP contribution in [0.15, 0.2) is 83.8 Å². The third-order valence-electron chi connectivity index (χ3n) is 4.28.